The second-order valence-electron chi connectivity index (χ2n) is 3.97. The lowest BCUT2D eigenvalue weighted by molar-refractivity contribution is 0.0124. The van der Waals surface area contributed by atoms with Gasteiger partial charge in [-0.05, 0) is 12.8 Å². The predicted octanol–water partition coefficient (Wildman–Crippen LogP) is -0.319. The molecule has 1 aliphatic heterocycles. The first-order valence-electron chi connectivity index (χ1n) is 5.25. The van der Waals surface area contributed by atoms with Gasteiger partial charge in [-0.15, -0.1) is 0 Å². The zero-order valence-corrected chi connectivity index (χ0v) is 8.90. The highest BCUT2D eigenvalue weighted by atomic mass is 16.5. The number of hydrogen-bond acceptors (Lipinski definition) is 4. The predicted molar refractivity (Wildman–Crippen MR) is 55.9 cm³/mol. The van der Waals surface area contributed by atoms with Gasteiger partial charge in [-0.25, -0.2) is 4.98 Å². The van der Waals surface area contributed by atoms with Crippen molar-refractivity contribution < 1.29 is 14.6 Å². The molecule has 1 aliphatic rings. The van der Waals surface area contributed by atoms with E-state index in [1.54, 1.807) is 0 Å². The van der Waals surface area contributed by atoms with Crippen molar-refractivity contribution >= 4 is 5.91 Å². The number of amides is 1. The topological polar surface area (TPSA) is 87.2 Å². The number of aromatic nitrogens is 2. The number of carbonyl (C=O) groups excluding carboxylic acids is 1. The lowest BCUT2D eigenvalue weighted by atomic mass is 9.91. The summed E-state index contributed by atoms with van der Waals surface area (Å²) in [5.41, 5.74) is -0.153. The molecule has 2 rings (SSSR count). The number of nitrogens with one attached hydrogen (secondary N) is 2. The molecule has 1 aromatic heterocycles. The number of H-pyrrole nitrogens is 1. The zero-order valence-electron chi connectivity index (χ0n) is 8.90. The van der Waals surface area contributed by atoms with E-state index < -0.39 is 5.54 Å². The second kappa shape index (κ2) is 4.63. The minimum Gasteiger partial charge on any atom is -0.394 e. The first-order chi connectivity index (χ1) is 7.76. The first kappa shape index (κ1) is 11.1. The Morgan fingerprint density at radius 2 is 2.38 bits per heavy atom. The number of rotatable bonds is 3. The number of aliphatic hydroxyl groups is 1. The Hall–Kier alpha value is -1.40. The molecule has 0 unspecified atom stereocenters. The molecule has 2 heterocycles. The minimum atomic E-state index is -0.555. The molecular weight excluding hydrogens is 210 g/mol. The quantitative estimate of drug-likeness (QED) is 0.658. The maximum Gasteiger partial charge on any atom is 0.269 e. The molecule has 6 heteroatoms. The van der Waals surface area contributed by atoms with Crippen LogP contribution >= 0.6 is 0 Å². The molecule has 0 radical (unpaired) electrons. The van der Waals surface area contributed by atoms with Gasteiger partial charge in [0, 0.05) is 13.2 Å². The number of ether oxygens (including phenoxy) is 1. The van der Waals surface area contributed by atoms with E-state index in [-0.39, 0.29) is 12.5 Å². The van der Waals surface area contributed by atoms with Gasteiger partial charge in [0.05, 0.1) is 24.7 Å². The average molecular weight is 225 g/mol. The molecule has 6 nitrogen and oxygen atoms in total. The van der Waals surface area contributed by atoms with Crippen LogP contribution in [0, 0.1) is 0 Å². The maximum absolute atomic E-state index is 11.8. The van der Waals surface area contributed by atoms with Crippen molar-refractivity contribution in [2.75, 3.05) is 19.8 Å². The Morgan fingerprint density at radius 3 is 2.94 bits per heavy atom. The molecule has 1 saturated heterocycles. The van der Waals surface area contributed by atoms with E-state index in [2.05, 4.69) is 15.3 Å². The van der Waals surface area contributed by atoms with Crippen molar-refractivity contribution in [1.82, 2.24) is 15.3 Å². The molecule has 1 amide bonds. The molecule has 0 saturated carbocycles. The van der Waals surface area contributed by atoms with E-state index >= 15 is 0 Å². The van der Waals surface area contributed by atoms with Gasteiger partial charge in [-0.2, -0.15) is 0 Å². The Morgan fingerprint density at radius 1 is 1.62 bits per heavy atom. The summed E-state index contributed by atoms with van der Waals surface area (Å²) in [7, 11) is 0. The van der Waals surface area contributed by atoms with E-state index in [9.17, 15) is 9.90 Å². The van der Waals surface area contributed by atoms with Crippen LogP contribution in [0.4, 0.5) is 0 Å². The van der Waals surface area contributed by atoms with Crippen molar-refractivity contribution in [2.24, 2.45) is 0 Å². The molecule has 0 aliphatic carbocycles. The summed E-state index contributed by atoms with van der Waals surface area (Å²) in [6.45, 7) is 1.05. The van der Waals surface area contributed by atoms with E-state index in [0.29, 0.717) is 31.7 Å². The fraction of sp³-hybridized carbons (Fsp3) is 0.600. The Bertz CT molecular complexity index is 344. The van der Waals surface area contributed by atoms with Gasteiger partial charge >= 0.3 is 0 Å². The molecule has 88 valence electrons. The Labute approximate surface area is 93.0 Å². The summed E-state index contributed by atoms with van der Waals surface area (Å²) in [6.07, 6.45) is 4.16. The van der Waals surface area contributed by atoms with Gasteiger partial charge in [-0.1, -0.05) is 0 Å². The summed E-state index contributed by atoms with van der Waals surface area (Å²) >= 11 is 0. The summed E-state index contributed by atoms with van der Waals surface area (Å²) in [4.78, 5) is 18.3. The zero-order chi connectivity index (χ0) is 11.4. The van der Waals surface area contributed by atoms with Gasteiger partial charge < -0.3 is 20.1 Å². The van der Waals surface area contributed by atoms with Crippen LogP contribution in [-0.4, -0.2) is 46.3 Å². The molecule has 0 aromatic carbocycles. The molecule has 0 bridgehead atoms. The van der Waals surface area contributed by atoms with E-state index in [4.69, 9.17) is 4.74 Å². The smallest absolute Gasteiger partial charge is 0.269 e. The van der Waals surface area contributed by atoms with Crippen LogP contribution < -0.4 is 5.32 Å². The van der Waals surface area contributed by atoms with Gasteiger partial charge in [-0.3, -0.25) is 4.79 Å². The Kier molecular flexibility index (Phi) is 3.21. The van der Waals surface area contributed by atoms with Crippen LogP contribution in [0.5, 0.6) is 0 Å². The van der Waals surface area contributed by atoms with Crippen LogP contribution in [-0.2, 0) is 4.74 Å². The van der Waals surface area contributed by atoms with Gasteiger partial charge in [0.25, 0.3) is 5.91 Å². The summed E-state index contributed by atoms with van der Waals surface area (Å²) in [5.74, 6) is -0.242. The lowest BCUT2D eigenvalue weighted by Gasteiger charge is -2.36. The Balaban J connectivity index is 2.03. The maximum atomic E-state index is 11.8. The molecule has 0 spiro atoms. The van der Waals surface area contributed by atoms with Crippen molar-refractivity contribution in [3.63, 3.8) is 0 Å². The third-order valence-electron chi connectivity index (χ3n) is 2.87. The lowest BCUT2D eigenvalue weighted by Crippen LogP contribution is -2.54. The number of imidazole rings is 1. The number of aromatic amines is 1. The summed E-state index contributed by atoms with van der Waals surface area (Å²) in [6, 6.07) is 0. The molecular formula is C10H15N3O3. The highest BCUT2D eigenvalue weighted by molar-refractivity contribution is 5.92. The van der Waals surface area contributed by atoms with E-state index in [0.717, 1.165) is 0 Å². The third kappa shape index (κ3) is 2.23. The fourth-order valence-electron chi connectivity index (χ4n) is 1.77. The number of aliphatic hydroxyl groups excluding tert-OH is 1. The number of hydrogen-bond donors (Lipinski definition) is 3. The van der Waals surface area contributed by atoms with Crippen LogP contribution in [0.1, 0.15) is 23.3 Å². The van der Waals surface area contributed by atoms with Crippen molar-refractivity contribution in [3.05, 3.63) is 18.2 Å². The van der Waals surface area contributed by atoms with Crippen LogP contribution in [0.25, 0.3) is 0 Å². The molecule has 16 heavy (non-hydrogen) atoms. The van der Waals surface area contributed by atoms with Crippen molar-refractivity contribution in [3.8, 4) is 0 Å². The van der Waals surface area contributed by atoms with Crippen LogP contribution in [0.3, 0.4) is 0 Å². The van der Waals surface area contributed by atoms with Gasteiger partial charge in [0.15, 0.2) is 0 Å². The van der Waals surface area contributed by atoms with Gasteiger partial charge in [0.1, 0.15) is 5.69 Å². The SMILES string of the molecule is O=C(NC1(CO)CCOCC1)c1cnc[nH]1. The first-order valence-corrected chi connectivity index (χ1v) is 5.25. The minimum absolute atomic E-state index is 0.0732. The molecule has 1 fully saturated rings. The molecule has 3 N–H and O–H groups in total. The largest absolute Gasteiger partial charge is 0.394 e. The number of carbonyl (C=O) groups is 1. The summed E-state index contributed by atoms with van der Waals surface area (Å²) in [5, 5.41) is 12.2. The highest BCUT2D eigenvalue weighted by Gasteiger charge is 2.33. The van der Waals surface area contributed by atoms with Gasteiger partial charge in [0.2, 0.25) is 0 Å². The van der Waals surface area contributed by atoms with E-state index in [1.165, 1.54) is 12.5 Å². The third-order valence-corrected chi connectivity index (χ3v) is 2.87. The van der Waals surface area contributed by atoms with Crippen LogP contribution in [0.15, 0.2) is 12.5 Å². The normalized spacial score (nSPS) is 19.3. The summed E-state index contributed by atoms with van der Waals surface area (Å²) < 4.78 is 5.22. The second-order valence-corrected chi connectivity index (χ2v) is 3.97. The standard InChI is InChI=1S/C10H15N3O3/c14-6-10(1-3-16-4-2-10)13-9(15)8-5-11-7-12-8/h5,7,14H,1-4,6H2,(H,11,12)(H,13,15). The number of nitrogens with zero attached hydrogens (tertiary/aromatic N) is 1. The fourth-order valence-corrected chi connectivity index (χ4v) is 1.77. The van der Waals surface area contributed by atoms with Crippen molar-refractivity contribution in [1.29, 1.82) is 0 Å². The molecule has 1 aromatic rings. The van der Waals surface area contributed by atoms with Crippen LogP contribution in [0.2, 0.25) is 0 Å². The molecule has 0 atom stereocenters. The highest BCUT2D eigenvalue weighted by Crippen LogP contribution is 2.20. The van der Waals surface area contributed by atoms with Crippen molar-refractivity contribution in [2.45, 2.75) is 18.4 Å². The average Bonchev–Trinajstić information content (AvgIpc) is 2.84. The van der Waals surface area contributed by atoms with E-state index in [1.807, 2.05) is 0 Å². The monoisotopic (exact) mass is 225 g/mol.